The highest BCUT2D eigenvalue weighted by molar-refractivity contribution is 5.95. The molecule has 21 heavy (non-hydrogen) atoms. The molecule has 114 valence electrons. The summed E-state index contributed by atoms with van der Waals surface area (Å²) in [4.78, 5) is 13.6. The monoisotopic (exact) mass is 298 g/mol. The van der Waals surface area contributed by atoms with Crippen molar-refractivity contribution in [3.8, 4) is 0 Å². The summed E-state index contributed by atoms with van der Waals surface area (Å²) in [5.74, 6) is -1.65. The number of nitrogens with two attached hydrogens (primary N) is 1. The summed E-state index contributed by atoms with van der Waals surface area (Å²) >= 11 is 0. The van der Waals surface area contributed by atoms with Gasteiger partial charge < -0.3 is 21.2 Å². The van der Waals surface area contributed by atoms with Crippen LogP contribution >= 0.6 is 0 Å². The molecule has 0 saturated carbocycles. The summed E-state index contributed by atoms with van der Waals surface area (Å²) in [6.07, 6.45) is 2.18. The van der Waals surface area contributed by atoms with Crippen LogP contribution in [0.5, 0.6) is 0 Å². The number of carbonyl (C=O) groups is 1. The van der Waals surface area contributed by atoms with E-state index in [0.717, 1.165) is 25.0 Å². The third kappa shape index (κ3) is 3.39. The predicted molar refractivity (Wildman–Crippen MR) is 73.1 cm³/mol. The second-order valence-corrected chi connectivity index (χ2v) is 4.78. The molecule has 1 aliphatic heterocycles. The van der Waals surface area contributed by atoms with Crippen LogP contribution in [0.1, 0.15) is 19.3 Å². The average Bonchev–Trinajstić information content (AvgIpc) is 2.49. The minimum Gasteiger partial charge on any atom is -0.409 e. The Bertz CT molecular complexity index is 565. The Balaban J connectivity index is 2.14. The SMILES string of the molecule is NC(=NO)C1CCCCN1C(=O)Nc1ccc(F)cc1F. The minimum atomic E-state index is -0.860. The number of amidine groups is 1. The maximum atomic E-state index is 13.5. The molecule has 2 rings (SSSR count). The Labute approximate surface area is 120 Å². The van der Waals surface area contributed by atoms with E-state index in [9.17, 15) is 13.6 Å². The molecule has 0 spiro atoms. The van der Waals surface area contributed by atoms with Gasteiger partial charge in [0.2, 0.25) is 0 Å². The number of hydrogen-bond donors (Lipinski definition) is 3. The van der Waals surface area contributed by atoms with E-state index in [1.54, 1.807) is 0 Å². The normalized spacial score (nSPS) is 19.4. The number of amides is 2. The fraction of sp³-hybridized carbons (Fsp3) is 0.385. The van der Waals surface area contributed by atoms with Crippen molar-refractivity contribution in [3.05, 3.63) is 29.8 Å². The summed E-state index contributed by atoms with van der Waals surface area (Å²) in [5, 5.41) is 14.1. The van der Waals surface area contributed by atoms with Crippen LogP contribution in [0.4, 0.5) is 19.3 Å². The highest BCUT2D eigenvalue weighted by atomic mass is 19.1. The molecule has 8 heteroatoms. The van der Waals surface area contributed by atoms with E-state index >= 15 is 0 Å². The van der Waals surface area contributed by atoms with Crippen LogP contribution in [-0.4, -0.2) is 34.6 Å². The standard InChI is InChI=1S/C13H16F2N4O2/c14-8-4-5-10(9(15)7-8)17-13(20)19-6-2-1-3-11(19)12(16)18-21/h4-5,7,11,21H,1-3,6H2,(H2,16,18)(H,17,20). The highest BCUT2D eigenvalue weighted by Gasteiger charge is 2.30. The molecule has 0 bridgehead atoms. The molecular formula is C13H16F2N4O2. The number of likely N-dealkylation sites (tertiary alicyclic amines) is 1. The number of anilines is 1. The zero-order valence-electron chi connectivity index (χ0n) is 11.2. The smallest absolute Gasteiger partial charge is 0.322 e. The molecule has 1 aliphatic rings. The summed E-state index contributed by atoms with van der Waals surface area (Å²) in [5.41, 5.74) is 5.45. The second kappa shape index (κ2) is 6.38. The zero-order chi connectivity index (χ0) is 15.4. The van der Waals surface area contributed by atoms with E-state index in [0.29, 0.717) is 19.0 Å². The lowest BCUT2D eigenvalue weighted by Crippen LogP contribution is -2.52. The predicted octanol–water partition coefficient (Wildman–Crippen LogP) is 2.10. The van der Waals surface area contributed by atoms with Gasteiger partial charge >= 0.3 is 6.03 Å². The number of oxime groups is 1. The van der Waals surface area contributed by atoms with Crippen molar-refractivity contribution >= 4 is 17.6 Å². The third-order valence-corrected chi connectivity index (χ3v) is 3.39. The van der Waals surface area contributed by atoms with E-state index in [4.69, 9.17) is 10.9 Å². The average molecular weight is 298 g/mol. The molecule has 0 radical (unpaired) electrons. The van der Waals surface area contributed by atoms with Crippen molar-refractivity contribution in [2.45, 2.75) is 25.3 Å². The molecule has 1 aromatic carbocycles. The minimum absolute atomic E-state index is 0.0653. The van der Waals surface area contributed by atoms with Crippen LogP contribution in [-0.2, 0) is 0 Å². The first-order valence-corrected chi connectivity index (χ1v) is 6.53. The summed E-state index contributed by atoms with van der Waals surface area (Å²) in [6, 6.07) is 1.78. The fourth-order valence-corrected chi connectivity index (χ4v) is 2.33. The Morgan fingerprint density at radius 1 is 1.43 bits per heavy atom. The lowest BCUT2D eigenvalue weighted by molar-refractivity contribution is 0.183. The zero-order valence-corrected chi connectivity index (χ0v) is 11.2. The van der Waals surface area contributed by atoms with E-state index in [1.807, 2.05) is 0 Å². The largest absolute Gasteiger partial charge is 0.409 e. The van der Waals surface area contributed by atoms with E-state index in [1.165, 1.54) is 4.90 Å². The van der Waals surface area contributed by atoms with Crippen molar-refractivity contribution in [1.29, 1.82) is 0 Å². The Morgan fingerprint density at radius 3 is 2.86 bits per heavy atom. The quantitative estimate of drug-likeness (QED) is 0.338. The van der Waals surface area contributed by atoms with Gasteiger partial charge in [0.15, 0.2) is 5.84 Å². The van der Waals surface area contributed by atoms with Crippen molar-refractivity contribution in [1.82, 2.24) is 4.90 Å². The van der Waals surface area contributed by atoms with Gasteiger partial charge in [0.05, 0.1) is 11.7 Å². The number of hydrogen-bond acceptors (Lipinski definition) is 3. The van der Waals surface area contributed by atoms with Gasteiger partial charge in [-0.2, -0.15) is 0 Å². The number of nitrogens with zero attached hydrogens (tertiary/aromatic N) is 2. The number of halogens is 2. The van der Waals surface area contributed by atoms with Gasteiger partial charge in [-0.25, -0.2) is 13.6 Å². The van der Waals surface area contributed by atoms with E-state index in [-0.39, 0.29) is 11.5 Å². The lowest BCUT2D eigenvalue weighted by Gasteiger charge is -2.34. The van der Waals surface area contributed by atoms with Gasteiger partial charge in [0.1, 0.15) is 11.6 Å². The van der Waals surface area contributed by atoms with Gasteiger partial charge in [0, 0.05) is 12.6 Å². The molecule has 1 heterocycles. The maximum absolute atomic E-state index is 13.5. The number of rotatable bonds is 2. The summed E-state index contributed by atoms with van der Waals surface area (Å²) < 4.78 is 26.4. The lowest BCUT2D eigenvalue weighted by atomic mass is 10.0. The molecule has 6 nitrogen and oxygen atoms in total. The topological polar surface area (TPSA) is 91.0 Å². The van der Waals surface area contributed by atoms with Crippen LogP contribution in [0.2, 0.25) is 0 Å². The number of carbonyl (C=O) groups excluding carboxylic acids is 1. The molecule has 1 unspecified atom stereocenters. The molecule has 1 aromatic rings. The first-order chi connectivity index (χ1) is 10.0. The Kier molecular flexibility index (Phi) is 4.56. The second-order valence-electron chi connectivity index (χ2n) is 4.78. The maximum Gasteiger partial charge on any atom is 0.322 e. The third-order valence-electron chi connectivity index (χ3n) is 3.39. The molecule has 4 N–H and O–H groups in total. The highest BCUT2D eigenvalue weighted by Crippen LogP contribution is 2.20. The Hall–Kier alpha value is -2.38. The molecule has 0 aromatic heterocycles. The van der Waals surface area contributed by atoms with Crippen LogP contribution in [0.25, 0.3) is 0 Å². The van der Waals surface area contributed by atoms with Crippen molar-refractivity contribution in [2.24, 2.45) is 10.9 Å². The van der Waals surface area contributed by atoms with Gasteiger partial charge in [-0.3, -0.25) is 0 Å². The van der Waals surface area contributed by atoms with Crippen molar-refractivity contribution in [2.75, 3.05) is 11.9 Å². The van der Waals surface area contributed by atoms with Gasteiger partial charge in [-0.15, -0.1) is 0 Å². The molecule has 2 amide bonds. The summed E-state index contributed by atoms with van der Waals surface area (Å²) in [6.45, 7) is 0.412. The van der Waals surface area contributed by atoms with Crippen LogP contribution in [0, 0.1) is 11.6 Å². The van der Waals surface area contributed by atoms with E-state index in [2.05, 4.69) is 10.5 Å². The molecule has 0 aliphatic carbocycles. The first kappa shape index (κ1) is 15.0. The van der Waals surface area contributed by atoms with E-state index < -0.39 is 23.7 Å². The summed E-state index contributed by atoms with van der Waals surface area (Å²) in [7, 11) is 0. The van der Waals surface area contributed by atoms with Crippen molar-refractivity contribution in [3.63, 3.8) is 0 Å². The number of nitrogens with one attached hydrogen (secondary N) is 1. The van der Waals surface area contributed by atoms with Crippen LogP contribution in [0.15, 0.2) is 23.4 Å². The first-order valence-electron chi connectivity index (χ1n) is 6.53. The Morgan fingerprint density at radius 2 is 2.19 bits per heavy atom. The van der Waals surface area contributed by atoms with Gasteiger partial charge in [-0.1, -0.05) is 5.16 Å². The fourth-order valence-electron chi connectivity index (χ4n) is 2.33. The number of urea groups is 1. The van der Waals surface area contributed by atoms with Gasteiger partial charge in [0.25, 0.3) is 0 Å². The van der Waals surface area contributed by atoms with Crippen LogP contribution < -0.4 is 11.1 Å². The molecule has 1 saturated heterocycles. The van der Waals surface area contributed by atoms with Crippen LogP contribution in [0.3, 0.4) is 0 Å². The number of benzene rings is 1. The van der Waals surface area contributed by atoms with Crippen molar-refractivity contribution < 1.29 is 18.8 Å². The molecule has 1 atom stereocenters. The molecular weight excluding hydrogens is 282 g/mol. The number of piperidine rings is 1. The molecule has 1 fully saturated rings. The van der Waals surface area contributed by atoms with Gasteiger partial charge in [-0.05, 0) is 31.4 Å².